The first-order valence-electron chi connectivity index (χ1n) is 9.83. The average molecular weight is 348 g/mol. The molecule has 3 rings (SSSR count). The van der Waals surface area contributed by atoms with Crippen molar-refractivity contribution in [3.05, 3.63) is 71.4 Å². The van der Waals surface area contributed by atoms with Crippen LogP contribution < -0.4 is 0 Å². The second kappa shape index (κ2) is 8.84. The number of carbonyl (C=O) groups is 1. The molecule has 0 aliphatic rings. The van der Waals surface area contributed by atoms with Crippen LogP contribution in [-0.4, -0.2) is 11.3 Å². The van der Waals surface area contributed by atoms with Crippen molar-refractivity contribution in [2.24, 2.45) is 5.92 Å². The number of hydrogen-bond donors (Lipinski definition) is 1. The van der Waals surface area contributed by atoms with E-state index in [0.717, 1.165) is 18.4 Å². The van der Waals surface area contributed by atoms with E-state index in [9.17, 15) is 4.79 Å². The van der Waals surface area contributed by atoms with Gasteiger partial charge in [0.2, 0.25) is 0 Å². The molecule has 2 atom stereocenters. The number of hydrogen-bond acceptors (Lipinski definition) is 1. The smallest absolute Gasteiger partial charge is 0.124 e. The van der Waals surface area contributed by atoms with Crippen molar-refractivity contribution in [3.8, 4) is 0 Å². The Labute approximate surface area is 156 Å². The number of fused-ring (bicyclic) bond motifs is 1. The standard InChI is InChI=1S/C24H29NO/c1-3-4-5-7-14-20(17-26)24(19-12-8-6-9-13-19)23-18(2)25-22-16-11-10-15-21(22)23/h6,8-13,15-17,20,24-25H,3-5,7,14H2,1-2H3/t20-,24?/m1/s1. The van der Waals surface area contributed by atoms with Crippen LogP contribution in [0.25, 0.3) is 10.9 Å². The second-order valence-electron chi connectivity index (χ2n) is 7.25. The number of benzene rings is 2. The lowest BCUT2D eigenvalue weighted by atomic mass is 9.78. The monoisotopic (exact) mass is 347 g/mol. The summed E-state index contributed by atoms with van der Waals surface area (Å²) in [6.07, 6.45) is 6.91. The summed E-state index contributed by atoms with van der Waals surface area (Å²) in [7, 11) is 0. The molecule has 2 nitrogen and oxygen atoms in total. The Morgan fingerprint density at radius 3 is 2.42 bits per heavy atom. The van der Waals surface area contributed by atoms with Crippen molar-refractivity contribution in [3.63, 3.8) is 0 Å². The predicted octanol–water partition coefficient (Wildman–Crippen LogP) is 6.39. The highest BCUT2D eigenvalue weighted by molar-refractivity contribution is 5.86. The van der Waals surface area contributed by atoms with Gasteiger partial charge in [0.15, 0.2) is 0 Å². The molecular formula is C24H29NO. The van der Waals surface area contributed by atoms with Crippen LogP contribution in [-0.2, 0) is 4.79 Å². The summed E-state index contributed by atoms with van der Waals surface area (Å²) < 4.78 is 0. The fourth-order valence-electron chi connectivity index (χ4n) is 4.11. The average Bonchev–Trinajstić information content (AvgIpc) is 3.00. The summed E-state index contributed by atoms with van der Waals surface area (Å²) in [5.41, 5.74) is 4.82. The van der Waals surface area contributed by atoms with Gasteiger partial charge in [0.1, 0.15) is 6.29 Å². The van der Waals surface area contributed by atoms with Gasteiger partial charge in [-0.3, -0.25) is 0 Å². The summed E-state index contributed by atoms with van der Waals surface area (Å²) in [6.45, 7) is 4.35. The van der Waals surface area contributed by atoms with Gasteiger partial charge in [-0.2, -0.15) is 0 Å². The fourth-order valence-corrected chi connectivity index (χ4v) is 4.11. The molecule has 1 heterocycles. The van der Waals surface area contributed by atoms with E-state index >= 15 is 0 Å². The van der Waals surface area contributed by atoms with Gasteiger partial charge in [-0.05, 0) is 30.5 Å². The van der Waals surface area contributed by atoms with Crippen LogP contribution in [0.4, 0.5) is 0 Å². The molecule has 0 spiro atoms. The van der Waals surface area contributed by atoms with Gasteiger partial charge < -0.3 is 9.78 Å². The van der Waals surface area contributed by atoms with Crippen molar-refractivity contribution < 1.29 is 4.79 Å². The van der Waals surface area contributed by atoms with E-state index in [4.69, 9.17) is 0 Å². The molecular weight excluding hydrogens is 318 g/mol. The van der Waals surface area contributed by atoms with E-state index in [-0.39, 0.29) is 11.8 Å². The van der Waals surface area contributed by atoms with Gasteiger partial charge in [0.25, 0.3) is 0 Å². The molecule has 2 heteroatoms. The summed E-state index contributed by atoms with van der Waals surface area (Å²) in [5, 5.41) is 1.24. The first kappa shape index (κ1) is 18.4. The highest BCUT2D eigenvalue weighted by Gasteiger charge is 2.28. The topological polar surface area (TPSA) is 32.9 Å². The van der Waals surface area contributed by atoms with E-state index in [1.807, 2.05) is 6.07 Å². The lowest BCUT2D eigenvalue weighted by Gasteiger charge is -2.24. The molecule has 3 aromatic rings. The minimum Gasteiger partial charge on any atom is -0.358 e. The first-order chi connectivity index (χ1) is 12.8. The van der Waals surface area contributed by atoms with E-state index in [2.05, 4.69) is 67.4 Å². The molecule has 1 N–H and O–H groups in total. The summed E-state index contributed by atoms with van der Waals surface area (Å²) in [4.78, 5) is 15.6. The third-order valence-electron chi connectivity index (χ3n) is 5.41. The van der Waals surface area contributed by atoms with Gasteiger partial charge in [0.05, 0.1) is 0 Å². The Balaban J connectivity index is 2.03. The Morgan fingerprint density at radius 2 is 1.69 bits per heavy atom. The lowest BCUT2D eigenvalue weighted by Crippen LogP contribution is -2.17. The second-order valence-corrected chi connectivity index (χ2v) is 7.25. The number of aromatic nitrogens is 1. The van der Waals surface area contributed by atoms with Crippen LogP contribution in [0.3, 0.4) is 0 Å². The van der Waals surface area contributed by atoms with Crippen LogP contribution in [0.1, 0.15) is 61.8 Å². The van der Waals surface area contributed by atoms with Gasteiger partial charge in [-0.25, -0.2) is 0 Å². The molecule has 0 saturated carbocycles. The number of aromatic amines is 1. The van der Waals surface area contributed by atoms with Crippen LogP contribution in [0.2, 0.25) is 0 Å². The van der Waals surface area contributed by atoms with E-state index < -0.39 is 0 Å². The summed E-state index contributed by atoms with van der Waals surface area (Å²) in [5.74, 6) is 0.110. The number of para-hydroxylation sites is 1. The number of aldehydes is 1. The van der Waals surface area contributed by atoms with E-state index in [1.54, 1.807) is 0 Å². The van der Waals surface area contributed by atoms with Crippen LogP contribution in [0.15, 0.2) is 54.6 Å². The van der Waals surface area contributed by atoms with Crippen molar-refractivity contribution >= 4 is 17.2 Å². The normalized spacial score (nSPS) is 13.6. The zero-order valence-electron chi connectivity index (χ0n) is 15.9. The van der Waals surface area contributed by atoms with Crippen molar-refractivity contribution in [2.45, 2.75) is 51.9 Å². The molecule has 0 aliphatic carbocycles. The van der Waals surface area contributed by atoms with Gasteiger partial charge in [-0.1, -0.05) is 81.1 Å². The maximum atomic E-state index is 12.1. The molecule has 0 aliphatic heterocycles. The molecule has 0 amide bonds. The molecule has 1 unspecified atom stereocenters. The SMILES string of the molecule is CCCCCC[C@H](C=O)C(c1ccccc1)c1c(C)[nH]c2ccccc12. The van der Waals surface area contributed by atoms with Crippen LogP contribution in [0.5, 0.6) is 0 Å². The minimum absolute atomic E-state index is 0.00663. The zero-order chi connectivity index (χ0) is 18.4. The zero-order valence-corrected chi connectivity index (χ0v) is 15.9. The van der Waals surface area contributed by atoms with E-state index in [0.29, 0.717) is 0 Å². The molecule has 26 heavy (non-hydrogen) atoms. The molecule has 0 fully saturated rings. The first-order valence-corrected chi connectivity index (χ1v) is 9.83. The molecule has 0 bridgehead atoms. The van der Waals surface area contributed by atoms with Gasteiger partial charge >= 0.3 is 0 Å². The van der Waals surface area contributed by atoms with Crippen LogP contribution in [0, 0.1) is 12.8 Å². The van der Waals surface area contributed by atoms with Crippen LogP contribution >= 0.6 is 0 Å². The summed E-state index contributed by atoms with van der Waals surface area (Å²) in [6, 6.07) is 18.9. The number of nitrogens with one attached hydrogen (secondary N) is 1. The largest absolute Gasteiger partial charge is 0.358 e. The number of carbonyl (C=O) groups excluding carboxylic acids is 1. The predicted molar refractivity (Wildman–Crippen MR) is 110 cm³/mol. The van der Waals surface area contributed by atoms with Gasteiger partial charge in [-0.15, -0.1) is 0 Å². The van der Waals surface area contributed by atoms with Gasteiger partial charge in [0, 0.05) is 28.4 Å². The molecule has 1 aromatic heterocycles. The Kier molecular flexibility index (Phi) is 6.27. The number of rotatable bonds is 9. The molecule has 136 valence electrons. The minimum atomic E-state index is 0.00663. The highest BCUT2D eigenvalue weighted by atomic mass is 16.1. The van der Waals surface area contributed by atoms with E-state index in [1.165, 1.54) is 47.8 Å². The van der Waals surface area contributed by atoms with Crippen molar-refractivity contribution in [1.29, 1.82) is 0 Å². The fraction of sp³-hybridized carbons (Fsp3) is 0.375. The molecule has 0 radical (unpaired) electrons. The lowest BCUT2D eigenvalue weighted by molar-refractivity contribution is -0.111. The maximum absolute atomic E-state index is 12.1. The summed E-state index contributed by atoms with van der Waals surface area (Å²) >= 11 is 0. The molecule has 2 aromatic carbocycles. The highest BCUT2D eigenvalue weighted by Crippen LogP contribution is 2.39. The Bertz CT molecular complexity index is 834. The quantitative estimate of drug-likeness (QED) is 0.353. The number of H-pyrrole nitrogens is 1. The Hall–Kier alpha value is -2.35. The number of unbranched alkanes of at least 4 members (excludes halogenated alkanes) is 3. The third kappa shape index (κ3) is 3.90. The Morgan fingerprint density at radius 1 is 0.962 bits per heavy atom. The van der Waals surface area contributed by atoms with Crippen molar-refractivity contribution in [2.75, 3.05) is 0 Å². The van der Waals surface area contributed by atoms with Crippen molar-refractivity contribution in [1.82, 2.24) is 4.98 Å². The third-order valence-corrected chi connectivity index (χ3v) is 5.41. The molecule has 0 saturated heterocycles. The number of aryl methyl sites for hydroxylation is 1. The maximum Gasteiger partial charge on any atom is 0.124 e.